The Bertz CT molecular complexity index is 906. The maximum Gasteiger partial charge on any atom is 0.235 e. The predicted molar refractivity (Wildman–Crippen MR) is 115 cm³/mol. The van der Waals surface area contributed by atoms with Crippen molar-refractivity contribution in [2.75, 3.05) is 52.7 Å². The van der Waals surface area contributed by atoms with E-state index in [0.29, 0.717) is 41.9 Å². The third-order valence-electron chi connectivity index (χ3n) is 5.28. The number of rotatable bonds is 8. The van der Waals surface area contributed by atoms with Crippen molar-refractivity contribution in [3.8, 4) is 23.0 Å². The fourth-order valence-electron chi connectivity index (χ4n) is 3.40. The molecule has 0 N–H and O–H groups in total. The van der Waals surface area contributed by atoms with Gasteiger partial charge in [-0.25, -0.2) is 4.98 Å². The van der Waals surface area contributed by atoms with Gasteiger partial charge in [-0.05, 0) is 31.7 Å². The van der Waals surface area contributed by atoms with E-state index in [-0.39, 0.29) is 17.4 Å². The lowest BCUT2D eigenvalue weighted by Gasteiger charge is -2.34. The second kappa shape index (κ2) is 10.1. The molecular formula is C21H29N3O5S. The minimum Gasteiger partial charge on any atom is -0.493 e. The van der Waals surface area contributed by atoms with Gasteiger partial charge < -0.3 is 23.7 Å². The van der Waals surface area contributed by atoms with E-state index in [1.54, 1.807) is 38.2 Å². The van der Waals surface area contributed by atoms with Crippen LogP contribution in [0.15, 0.2) is 22.6 Å². The summed E-state index contributed by atoms with van der Waals surface area (Å²) in [7, 11) is 1.79. The number of hydrogen-bond donors (Lipinski definition) is 0. The van der Waals surface area contributed by atoms with Crippen molar-refractivity contribution < 1.29 is 22.9 Å². The van der Waals surface area contributed by atoms with Crippen LogP contribution in [0.5, 0.6) is 11.5 Å². The van der Waals surface area contributed by atoms with Gasteiger partial charge in [0.25, 0.3) is 0 Å². The number of ether oxygens (including phenoxy) is 2. The standard InChI is InChI=1S/C21H29N3O5S/c1-5-23-8-10-24(11-9-23)20(25)14-30(26)13-17-15(2)29-21(22-17)16-6-7-18(27-3)19(12-16)28-4/h6-7,12H,5,8-11,13-14H2,1-4H3/t30-/m1/s1. The van der Waals surface area contributed by atoms with Gasteiger partial charge in [0.15, 0.2) is 11.5 Å². The molecule has 0 aliphatic carbocycles. The van der Waals surface area contributed by atoms with Crippen molar-refractivity contribution >= 4 is 16.7 Å². The molecule has 0 bridgehead atoms. The Kier molecular flexibility index (Phi) is 7.49. The van der Waals surface area contributed by atoms with Crippen molar-refractivity contribution in [3.63, 3.8) is 0 Å². The second-order valence-electron chi connectivity index (χ2n) is 7.14. The van der Waals surface area contributed by atoms with Gasteiger partial charge in [0, 0.05) is 42.5 Å². The molecule has 0 unspecified atom stereocenters. The van der Waals surface area contributed by atoms with Crippen LogP contribution in [0.1, 0.15) is 18.4 Å². The smallest absolute Gasteiger partial charge is 0.235 e. The molecule has 0 spiro atoms. The number of aromatic nitrogens is 1. The van der Waals surface area contributed by atoms with Gasteiger partial charge >= 0.3 is 0 Å². The van der Waals surface area contributed by atoms with Crippen molar-refractivity contribution in [2.45, 2.75) is 19.6 Å². The number of benzene rings is 1. The predicted octanol–water partition coefficient (Wildman–Crippen LogP) is 2.08. The quantitative estimate of drug-likeness (QED) is 0.628. The summed E-state index contributed by atoms with van der Waals surface area (Å²) in [6.07, 6.45) is 0. The number of amides is 1. The average molecular weight is 436 g/mol. The summed E-state index contributed by atoms with van der Waals surface area (Å²) < 4.78 is 29.0. The Morgan fingerprint density at radius 3 is 2.50 bits per heavy atom. The molecule has 1 saturated heterocycles. The SMILES string of the molecule is CCN1CCN(C(=O)C[S@](=O)Cc2nc(-c3ccc(OC)c(OC)c3)oc2C)CC1. The highest BCUT2D eigenvalue weighted by atomic mass is 32.2. The van der Waals surface area contributed by atoms with E-state index >= 15 is 0 Å². The Balaban J connectivity index is 1.63. The van der Waals surface area contributed by atoms with Crippen molar-refractivity contribution in [1.82, 2.24) is 14.8 Å². The van der Waals surface area contributed by atoms with Crippen molar-refractivity contribution in [2.24, 2.45) is 0 Å². The second-order valence-corrected chi connectivity index (χ2v) is 8.59. The monoisotopic (exact) mass is 435 g/mol. The summed E-state index contributed by atoms with van der Waals surface area (Å²) in [5, 5.41) is 0. The van der Waals surface area contributed by atoms with Crippen LogP contribution in [0.2, 0.25) is 0 Å². The van der Waals surface area contributed by atoms with E-state index in [0.717, 1.165) is 25.2 Å². The molecule has 1 aromatic heterocycles. The zero-order valence-corrected chi connectivity index (χ0v) is 18.8. The minimum absolute atomic E-state index is 0.00408. The molecule has 9 heteroatoms. The van der Waals surface area contributed by atoms with Gasteiger partial charge in [0.1, 0.15) is 11.5 Å². The molecule has 30 heavy (non-hydrogen) atoms. The van der Waals surface area contributed by atoms with Gasteiger partial charge in [0.05, 0.1) is 25.7 Å². The van der Waals surface area contributed by atoms with Crippen LogP contribution in [0.25, 0.3) is 11.5 Å². The first kappa shape index (κ1) is 22.3. The van der Waals surface area contributed by atoms with Crippen molar-refractivity contribution in [3.05, 3.63) is 29.7 Å². The molecule has 1 aromatic carbocycles. The molecule has 0 saturated carbocycles. The molecule has 2 aromatic rings. The van der Waals surface area contributed by atoms with Crippen molar-refractivity contribution in [1.29, 1.82) is 0 Å². The van der Waals surface area contributed by atoms with Crippen LogP contribution < -0.4 is 9.47 Å². The van der Waals surface area contributed by atoms with Gasteiger partial charge in [-0.2, -0.15) is 0 Å². The zero-order chi connectivity index (χ0) is 21.7. The van der Waals surface area contributed by atoms with Gasteiger partial charge in [-0.1, -0.05) is 6.92 Å². The number of aryl methyl sites for hydroxylation is 1. The Morgan fingerprint density at radius 1 is 1.17 bits per heavy atom. The van der Waals surface area contributed by atoms with Crippen LogP contribution >= 0.6 is 0 Å². The fourth-order valence-corrected chi connectivity index (χ4v) is 4.53. The molecule has 1 atom stereocenters. The molecule has 1 amide bonds. The van der Waals surface area contributed by atoms with E-state index in [4.69, 9.17) is 13.9 Å². The highest BCUT2D eigenvalue weighted by Crippen LogP contribution is 2.32. The Morgan fingerprint density at radius 2 is 1.87 bits per heavy atom. The van der Waals surface area contributed by atoms with E-state index in [9.17, 15) is 9.00 Å². The summed E-state index contributed by atoms with van der Waals surface area (Å²) in [4.78, 5) is 21.1. The molecule has 8 nitrogen and oxygen atoms in total. The molecule has 1 fully saturated rings. The summed E-state index contributed by atoms with van der Waals surface area (Å²) in [5.41, 5.74) is 1.33. The average Bonchev–Trinajstić information content (AvgIpc) is 3.13. The highest BCUT2D eigenvalue weighted by Gasteiger charge is 2.23. The number of hydrogen-bond acceptors (Lipinski definition) is 7. The number of carbonyl (C=O) groups is 1. The number of carbonyl (C=O) groups excluding carboxylic acids is 1. The van der Waals surface area contributed by atoms with E-state index < -0.39 is 10.8 Å². The summed E-state index contributed by atoms with van der Waals surface area (Å²) in [5.74, 6) is 2.33. The first-order valence-electron chi connectivity index (χ1n) is 9.99. The van der Waals surface area contributed by atoms with Crippen LogP contribution in [0.3, 0.4) is 0 Å². The molecule has 3 rings (SSSR count). The highest BCUT2D eigenvalue weighted by molar-refractivity contribution is 7.84. The summed E-state index contributed by atoms with van der Waals surface area (Å²) >= 11 is 0. The number of methoxy groups -OCH3 is 2. The lowest BCUT2D eigenvalue weighted by Crippen LogP contribution is -2.49. The summed E-state index contributed by atoms with van der Waals surface area (Å²) in [6, 6.07) is 5.39. The van der Waals surface area contributed by atoms with Gasteiger partial charge in [-0.15, -0.1) is 0 Å². The number of nitrogens with zero attached hydrogens (tertiary/aromatic N) is 3. The fraction of sp³-hybridized carbons (Fsp3) is 0.524. The summed E-state index contributed by atoms with van der Waals surface area (Å²) in [6.45, 7) is 8.00. The molecular weight excluding hydrogens is 406 g/mol. The van der Waals surface area contributed by atoms with Crippen LogP contribution in [-0.4, -0.2) is 77.6 Å². The largest absolute Gasteiger partial charge is 0.493 e. The van der Waals surface area contributed by atoms with E-state index in [1.807, 2.05) is 6.07 Å². The number of oxazole rings is 1. The van der Waals surface area contributed by atoms with E-state index in [2.05, 4.69) is 16.8 Å². The molecule has 2 heterocycles. The third-order valence-corrected chi connectivity index (χ3v) is 6.44. The van der Waals surface area contributed by atoms with Crippen LogP contribution in [-0.2, 0) is 21.3 Å². The molecule has 1 aliphatic rings. The Labute approximate surface area is 179 Å². The Hall–Kier alpha value is -2.39. The molecule has 0 radical (unpaired) electrons. The first-order valence-corrected chi connectivity index (χ1v) is 11.5. The number of likely N-dealkylation sites (N-methyl/N-ethyl adjacent to an activating group) is 1. The van der Waals surface area contributed by atoms with Gasteiger partial charge in [0.2, 0.25) is 11.8 Å². The maximum atomic E-state index is 12.6. The van der Waals surface area contributed by atoms with Gasteiger partial charge in [-0.3, -0.25) is 9.00 Å². The maximum absolute atomic E-state index is 12.6. The molecule has 164 valence electrons. The normalized spacial score (nSPS) is 15.8. The first-order chi connectivity index (χ1) is 14.4. The molecule has 1 aliphatic heterocycles. The number of piperazine rings is 1. The lowest BCUT2D eigenvalue weighted by molar-refractivity contribution is -0.130. The lowest BCUT2D eigenvalue weighted by atomic mass is 10.2. The van der Waals surface area contributed by atoms with Crippen LogP contribution in [0.4, 0.5) is 0 Å². The zero-order valence-electron chi connectivity index (χ0n) is 18.0. The topological polar surface area (TPSA) is 85.1 Å². The third kappa shape index (κ3) is 5.20. The minimum atomic E-state index is -1.35. The van der Waals surface area contributed by atoms with Crippen LogP contribution in [0, 0.1) is 6.92 Å². The van der Waals surface area contributed by atoms with E-state index in [1.165, 1.54) is 0 Å².